The number of nitriles is 1. The molecule has 2 aromatic rings. The summed E-state index contributed by atoms with van der Waals surface area (Å²) >= 11 is 0. The minimum atomic E-state index is -0.532. The van der Waals surface area contributed by atoms with E-state index in [9.17, 15) is 0 Å². The van der Waals surface area contributed by atoms with Crippen LogP contribution in [-0.2, 0) is 5.41 Å². The van der Waals surface area contributed by atoms with Crippen molar-refractivity contribution >= 4 is 12.4 Å². The average molecular weight is 246 g/mol. The first-order valence-corrected chi connectivity index (χ1v) is 5.86. The van der Waals surface area contributed by atoms with Crippen LogP contribution in [0.3, 0.4) is 0 Å². The Kier molecular flexibility index (Phi) is 2.66. The van der Waals surface area contributed by atoms with E-state index < -0.39 is 5.41 Å². The summed E-state index contributed by atoms with van der Waals surface area (Å²) in [5.41, 5.74) is 1.96. The second-order valence-electron chi connectivity index (χ2n) is 4.26. The molecule has 2 heterocycles. The van der Waals surface area contributed by atoms with Crippen molar-refractivity contribution in [2.45, 2.75) is 5.41 Å². The molecule has 1 aromatic heterocycles. The number of benzene rings is 1. The van der Waals surface area contributed by atoms with E-state index in [1.165, 1.54) is 0 Å². The molecule has 3 rings (SSSR count). The van der Waals surface area contributed by atoms with Gasteiger partial charge in [0, 0.05) is 18.6 Å². The van der Waals surface area contributed by atoms with Crippen LogP contribution in [-0.4, -0.2) is 17.4 Å². The Balaban J connectivity index is 2.14. The predicted molar refractivity (Wildman–Crippen MR) is 73.2 cm³/mol. The van der Waals surface area contributed by atoms with Crippen molar-refractivity contribution in [2.75, 3.05) is 0 Å². The maximum Gasteiger partial charge on any atom is 0.111 e. The van der Waals surface area contributed by atoms with Gasteiger partial charge in [-0.15, -0.1) is 0 Å². The molecule has 0 unspecified atom stereocenters. The van der Waals surface area contributed by atoms with Crippen molar-refractivity contribution < 1.29 is 0 Å². The standard InChI is InChI=1S/C15H10N4/c16-9-12-4-6-13(7-5-12)15(10-18-19-11-15)14-3-1-2-8-17-14/h1-8,10-11H. The van der Waals surface area contributed by atoms with Crippen molar-refractivity contribution in [1.29, 1.82) is 5.26 Å². The zero-order valence-electron chi connectivity index (χ0n) is 10.1. The SMILES string of the molecule is N#Cc1ccc(C2(c3ccccn3)C=NN=C2)cc1. The monoisotopic (exact) mass is 246 g/mol. The molecular weight excluding hydrogens is 236 g/mol. The highest BCUT2D eigenvalue weighted by atomic mass is 15.2. The number of nitrogens with zero attached hydrogens (tertiary/aromatic N) is 4. The maximum atomic E-state index is 8.86. The number of pyridine rings is 1. The number of rotatable bonds is 2. The summed E-state index contributed by atoms with van der Waals surface area (Å²) in [7, 11) is 0. The first-order chi connectivity index (χ1) is 9.35. The molecule has 1 aliphatic heterocycles. The van der Waals surface area contributed by atoms with Crippen LogP contribution in [0.1, 0.15) is 16.8 Å². The molecule has 90 valence electrons. The minimum Gasteiger partial charge on any atom is -0.260 e. The second kappa shape index (κ2) is 4.46. The van der Waals surface area contributed by atoms with E-state index in [0.29, 0.717) is 5.56 Å². The van der Waals surface area contributed by atoms with Gasteiger partial charge in [0.25, 0.3) is 0 Å². The van der Waals surface area contributed by atoms with Crippen LogP contribution in [0.5, 0.6) is 0 Å². The second-order valence-corrected chi connectivity index (χ2v) is 4.26. The van der Waals surface area contributed by atoms with Gasteiger partial charge in [-0.3, -0.25) is 4.98 Å². The molecule has 0 aliphatic carbocycles. The molecule has 4 nitrogen and oxygen atoms in total. The molecular formula is C15H10N4. The van der Waals surface area contributed by atoms with Crippen molar-refractivity contribution in [3.63, 3.8) is 0 Å². The van der Waals surface area contributed by atoms with E-state index in [2.05, 4.69) is 21.3 Å². The van der Waals surface area contributed by atoms with Crippen molar-refractivity contribution in [3.8, 4) is 6.07 Å². The zero-order valence-corrected chi connectivity index (χ0v) is 10.1. The molecule has 0 saturated heterocycles. The van der Waals surface area contributed by atoms with E-state index >= 15 is 0 Å². The van der Waals surface area contributed by atoms with Crippen LogP contribution in [0.15, 0.2) is 58.9 Å². The lowest BCUT2D eigenvalue weighted by atomic mass is 9.79. The molecule has 19 heavy (non-hydrogen) atoms. The van der Waals surface area contributed by atoms with Gasteiger partial charge in [-0.25, -0.2) is 0 Å². The molecule has 0 saturated carbocycles. The van der Waals surface area contributed by atoms with Crippen LogP contribution >= 0.6 is 0 Å². The Morgan fingerprint density at radius 1 is 0.947 bits per heavy atom. The Morgan fingerprint density at radius 2 is 1.68 bits per heavy atom. The maximum absolute atomic E-state index is 8.86. The highest BCUT2D eigenvalue weighted by Crippen LogP contribution is 2.30. The first-order valence-electron chi connectivity index (χ1n) is 5.86. The summed E-state index contributed by atoms with van der Waals surface area (Å²) in [4.78, 5) is 4.40. The molecule has 0 amide bonds. The van der Waals surface area contributed by atoms with Gasteiger partial charge >= 0.3 is 0 Å². The van der Waals surface area contributed by atoms with Crippen LogP contribution in [0, 0.1) is 11.3 Å². The van der Waals surface area contributed by atoms with E-state index in [1.807, 2.05) is 30.3 Å². The van der Waals surface area contributed by atoms with E-state index in [4.69, 9.17) is 5.26 Å². The molecule has 0 atom stereocenters. The highest BCUT2D eigenvalue weighted by molar-refractivity contribution is 6.02. The van der Waals surface area contributed by atoms with Crippen molar-refractivity contribution in [3.05, 3.63) is 65.5 Å². The number of hydrogen-bond donors (Lipinski definition) is 0. The highest BCUT2D eigenvalue weighted by Gasteiger charge is 2.34. The topological polar surface area (TPSA) is 61.4 Å². The third kappa shape index (κ3) is 1.81. The Hall–Kier alpha value is -2.80. The molecule has 0 radical (unpaired) electrons. The van der Waals surface area contributed by atoms with E-state index in [-0.39, 0.29) is 0 Å². The van der Waals surface area contributed by atoms with Gasteiger partial charge in [0.15, 0.2) is 0 Å². The van der Waals surface area contributed by atoms with Gasteiger partial charge in [-0.2, -0.15) is 15.5 Å². The lowest BCUT2D eigenvalue weighted by Gasteiger charge is -2.22. The Bertz CT molecular complexity index is 666. The molecule has 0 spiro atoms. The fourth-order valence-corrected chi connectivity index (χ4v) is 2.14. The van der Waals surface area contributed by atoms with Crippen LogP contribution in [0.25, 0.3) is 0 Å². The van der Waals surface area contributed by atoms with Gasteiger partial charge in [0.05, 0.1) is 17.3 Å². The van der Waals surface area contributed by atoms with Crippen LogP contribution in [0.2, 0.25) is 0 Å². The molecule has 1 aliphatic rings. The Labute approximate surface area is 110 Å². The smallest absolute Gasteiger partial charge is 0.111 e. The number of hydrogen-bond acceptors (Lipinski definition) is 4. The molecule has 0 N–H and O–H groups in total. The van der Waals surface area contributed by atoms with Gasteiger partial charge in [-0.05, 0) is 29.8 Å². The van der Waals surface area contributed by atoms with Crippen molar-refractivity contribution in [1.82, 2.24) is 4.98 Å². The molecule has 1 aromatic carbocycles. The fourth-order valence-electron chi connectivity index (χ4n) is 2.14. The predicted octanol–water partition coefficient (Wildman–Crippen LogP) is 2.31. The van der Waals surface area contributed by atoms with Gasteiger partial charge < -0.3 is 0 Å². The first kappa shape index (κ1) is 11.3. The van der Waals surface area contributed by atoms with E-state index in [0.717, 1.165) is 11.3 Å². The largest absolute Gasteiger partial charge is 0.260 e. The summed E-state index contributed by atoms with van der Waals surface area (Å²) in [5.74, 6) is 0. The lowest BCUT2D eigenvalue weighted by Crippen LogP contribution is -2.30. The van der Waals surface area contributed by atoms with Gasteiger partial charge in [0.2, 0.25) is 0 Å². The fraction of sp³-hybridized carbons (Fsp3) is 0.0667. The third-order valence-electron chi connectivity index (χ3n) is 3.17. The van der Waals surface area contributed by atoms with E-state index in [1.54, 1.807) is 30.8 Å². The third-order valence-corrected chi connectivity index (χ3v) is 3.17. The molecule has 0 fully saturated rings. The minimum absolute atomic E-state index is 0.532. The summed E-state index contributed by atoms with van der Waals surface area (Å²) < 4.78 is 0. The lowest BCUT2D eigenvalue weighted by molar-refractivity contribution is 0.915. The van der Waals surface area contributed by atoms with Gasteiger partial charge in [0.1, 0.15) is 5.41 Å². The van der Waals surface area contributed by atoms with Crippen molar-refractivity contribution in [2.24, 2.45) is 10.2 Å². The summed E-state index contributed by atoms with van der Waals surface area (Å²) in [5, 5.41) is 16.8. The van der Waals surface area contributed by atoms with Crippen LogP contribution < -0.4 is 0 Å². The average Bonchev–Trinajstić information content (AvgIpc) is 2.99. The Morgan fingerprint density at radius 3 is 2.26 bits per heavy atom. The summed E-state index contributed by atoms with van der Waals surface area (Å²) in [6.45, 7) is 0. The number of aromatic nitrogens is 1. The molecule has 0 bridgehead atoms. The molecule has 4 heteroatoms. The zero-order chi connectivity index (χ0) is 13.1. The quantitative estimate of drug-likeness (QED) is 0.816. The normalized spacial score (nSPS) is 15.3. The van der Waals surface area contributed by atoms with Gasteiger partial charge in [-0.1, -0.05) is 18.2 Å². The van der Waals surface area contributed by atoms with Crippen LogP contribution in [0.4, 0.5) is 0 Å². The summed E-state index contributed by atoms with van der Waals surface area (Å²) in [6, 6.07) is 15.3. The summed E-state index contributed by atoms with van der Waals surface area (Å²) in [6.07, 6.45) is 5.30.